The van der Waals surface area contributed by atoms with Crippen molar-refractivity contribution in [2.24, 2.45) is 0 Å². The van der Waals surface area contributed by atoms with Crippen molar-refractivity contribution in [1.82, 2.24) is 10.6 Å². The van der Waals surface area contributed by atoms with Crippen molar-refractivity contribution in [2.45, 2.75) is 135 Å². The van der Waals surface area contributed by atoms with Crippen LogP contribution in [0.5, 0.6) is 0 Å². The maximum Gasteiger partial charge on any atom is 0.166 e. The lowest BCUT2D eigenvalue weighted by molar-refractivity contribution is -0.0688. The van der Waals surface area contributed by atoms with Crippen LogP contribution in [0, 0.1) is 6.42 Å². The lowest BCUT2D eigenvalue weighted by atomic mass is 9.83. The summed E-state index contributed by atoms with van der Waals surface area (Å²) in [7, 11) is 0. The molecule has 5 N–H and O–H groups in total. The maximum absolute atomic E-state index is 10.3. The minimum atomic E-state index is -1.40. The maximum atomic E-state index is 10.3. The normalized spacial score (nSPS) is 16.1. The summed E-state index contributed by atoms with van der Waals surface area (Å²) in [5, 5.41) is 36.5. The number of aliphatic hydroxyl groups is 3. The van der Waals surface area contributed by atoms with Crippen LogP contribution in [-0.2, 0) is 0 Å². The highest BCUT2D eigenvalue weighted by Gasteiger charge is 2.37. The molecule has 175 valence electrons. The summed E-state index contributed by atoms with van der Waals surface area (Å²) in [5.74, 6) is 0. The Kier molecular flexibility index (Phi) is 18.4. The minimum Gasteiger partial charge on any atom is -0.394 e. The number of hydrogen-bond donors (Lipinski definition) is 5. The Hall–Kier alpha value is -0.200. The van der Waals surface area contributed by atoms with Gasteiger partial charge < -0.3 is 26.0 Å². The molecule has 0 aromatic heterocycles. The van der Waals surface area contributed by atoms with Crippen molar-refractivity contribution in [3.05, 3.63) is 6.42 Å². The molecule has 0 aromatic rings. The molecule has 0 aromatic carbocycles. The van der Waals surface area contributed by atoms with Crippen molar-refractivity contribution in [3.8, 4) is 0 Å². The third-order valence-electron chi connectivity index (χ3n) is 6.23. The predicted octanol–water partition coefficient (Wildman–Crippen LogP) is 4.30. The van der Waals surface area contributed by atoms with Gasteiger partial charge in [-0.05, 0) is 39.2 Å². The molecule has 0 fully saturated rings. The van der Waals surface area contributed by atoms with Crippen molar-refractivity contribution in [1.29, 1.82) is 0 Å². The Morgan fingerprint density at radius 3 is 2.10 bits per heavy atom. The van der Waals surface area contributed by atoms with Crippen molar-refractivity contribution in [3.63, 3.8) is 0 Å². The zero-order valence-corrected chi connectivity index (χ0v) is 19.8. The largest absolute Gasteiger partial charge is 0.394 e. The molecule has 3 unspecified atom stereocenters. The molecule has 0 amide bonds. The van der Waals surface area contributed by atoms with Gasteiger partial charge in [-0.2, -0.15) is 0 Å². The second-order valence-electron chi connectivity index (χ2n) is 8.68. The third kappa shape index (κ3) is 13.0. The van der Waals surface area contributed by atoms with E-state index in [9.17, 15) is 15.3 Å². The lowest BCUT2D eigenvalue weighted by Crippen LogP contribution is -2.64. The highest BCUT2D eigenvalue weighted by atomic mass is 16.5. The van der Waals surface area contributed by atoms with Gasteiger partial charge in [0.1, 0.15) is 0 Å². The summed E-state index contributed by atoms with van der Waals surface area (Å²) < 4.78 is 0. The predicted molar refractivity (Wildman–Crippen MR) is 124 cm³/mol. The molecule has 5 nitrogen and oxygen atoms in total. The van der Waals surface area contributed by atoms with E-state index in [0.29, 0.717) is 0 Å². The molecular weight excluding hydrogens is 364 g/mol. The van der Waals surface area contributed by atoms with E-state index < -0.39 is 17.9 Å². The van der Waals surface area contributed by atoms with Crippen molar-refractivity contribution >= 4 is 0 Å². The quantitative estimate of drug-likeness (QED) is 0.143. The van der Waals surface area contributed by atoms with E-state index in [2.05, 4.69) is 37.8 Å². The van der Waals surface area contributed by atoms with E-state index in [1.54, 1.807) is 6.92 Å². The molecule has 0 spiro atoms. The van der Waals surface area contributed by atoms with Crippen molar-refractivity contribution < 1.29 is 15.3 Å². The first kappa shape index (κ1) is 28.8. The minimum absolute atomic E-state index is 0.00941. The van der Waals surface area contributed by atoms with Gasteiger partial charge in [0.05, 0.1) is 18.2 Å². The molecule has 0 rings (SSSR count). The molecule has 0 saturated heterocycles. The monoisotopic (exact) mass is 415 g/mol. The van der Waals surface area contributed by atoms with E-state index >= 15 is 0 Å². The molecule has 0 aliphatic heterocycles. The number of unbranched alkanes of at least 4 members (excludes halogenated alkanes) is 10. The van der Waals surface area contributed by atoms with Gasteiger partial charge in [-0.15, -0.1) is 0 Å². The van der Waals surface area contributed by atoms with E-state index in [1.807, 2.05) is 0 Å². The zero-order valence-electron chi connectivity index (χ0n) is 19.8. The summed E-state index contributed by atoms with van der Waals surface area (Å²) >= 11 is 0. The Morgan fingerprint density at radius 2 is 1.52 bits per heavy atom. The highest BCUT2D eigenvalue weighted by Crippen LogP contribution is 2.22. The second kappa shape index (κ2) is 18.6. The number of hydrogen-bond acceptors (Lipinski definition) is 5. The standard InChI is InChI=1S/C24H51N2O3/c1-5-8-10-12-14-16-18-22(26-21(4)23(28)29)24(7-3,20-27)25-19-17-15-13-11-9-6-2/h6,21-23,25-29H,5,7-20H2,1-4H3. The van der Waals surface area contributed by atoms with Gasteiger partial charge in [-0.3, -0.25) is 0 Å². The van der Waals surface area contributed by atoms with Crippen LogP contribution >= 0.6 is 0 Å². The van der Waals surface area contributed by atoms with Crippen LogP contribution in [0.4, 0.5) is 0 Å². The smallest absolute Gasteiger partial charge is 0.166 e. The number of nitrogens with one attached hydrogen (secondary N) is 2. The summed E-state index contributed by atoms with van der Waals surface area (Å²) in [6, 6.07) is -0.417. The fourth-order valence-corrected chi connectivity index (χ4v) is 3.99. The SMILES string of the molecule is C[CH]CCCCCCNC(CC)(CO)C(CCCCCCCC)NC(C)C(O)O. The van der Waals surface area contributed by atoms with E-state index in [4.69, 9.17) is 0 Å². The van der Waals surface area contributed by atoms with Gasteiger partial charge >= 0.3 is 0 Å². The molecule has 0 aliphatic rings. The van der Waals surface area contributed by atoms with Gasteiger partial charge in [-0.25, -0.2) is 0 Å². The Balaban J connectivity index is 4.75. The Labute approximate surface area is 181 Å². The topological polar surface area (TPSA) is 84.8 Å². The Morgan fingerprint density at radius 1 is 0.897 bits per heavy atom. The van der Waals surface area contributed by atoms with Crippen LogP contribution in [0.1, 0.15) is 111 Å². The second-order valence-corrected chi connectivity index (χ2v) is 8.68. The summed E-state index contributed by atoms with van der Waals surface area (Å²) in [6.07, 6.45) is 15.9. The van der Waals surface area contributed by atoms with Gasteiger partial charge in [-0.1, -0.05) is 85.0 Å². The van der Waals surface area contributed by atoms with Crippen LogP contribution in [0.15, 0.2) is 0 Å². The van der Waals surface area contributed by atoms with Crippen LogP contribution in [0.3, 0.4) is 0 Å². The van der Waals surface area contributed by atoms with E-state index in [-0.39, 0.29) is 12.6 Å². The third-order valence-corrected chi connectivity index (χ3v) is 6.23. The van der Waals surface area contributed by atoms with E-state index in [1.165, 1.54) is 57.8 Å². The summed E-state index contributed by atoms with van der Waals surface area (Å²) in [5.41, 5.74) is -0.427. The summed E-state index contributed by atoms with van der Waals surface area (Å²) in [4.78, 5) is 0. The molecule has 0 heterocycles. The molecule has 3 atom stereocenters. The number of rotatable bonds is 21. The van der Waals surface area contributed by atoms with E-state index in [0.717, 1.165) is 32.2 Å². The van der Waals surface area contributed by atoms with Gasteiger partial charge in [0.2, 0.25) is 0 Å². The first-order valence-electron chi connectivity index (χ1n) is 12.2. The Bertz CT molecular complexity index is 349. The lowest BCUT2D eigenvalue weighted by Gasteiger charge is -2.42. The molecule has 0 bridgehead atoms. The molecule has 0 aliphatic carbocycles. The van der Waals surface area contributed by atoms with Crippen LogP contribution < -0.4 is 10.6 Å². The highest BCUT2D eigenvalue weighted by molar-refractivity contribution is 4.98. The average molecular weight is 416 g/mol. The fourth-order valence-electron chi connectivity index (χ4n) is 3.99. The van der Waals surface area contributed by atoms with Gasteiger partial charge in [0.25, 0.3) is 0 Å². The molecular formula is C24H51N2O3. The molecule has 0 saturated carbocycles. The average Bonchev–Trinajstić information content (AvgIpc) is 2.72. The van der Waals surface area contributed by atoms with Crippen molar-refractivity contribution in [2.75, 3.05) is 13.2 Å². The number of aliphatic hydroxyl groups excluding tert-OH is 2. The van der Waals surface area contributed by atoms with Crippen LogP contribution in [0.25, 0.3) is 0 Å². The van der Waals surface area contributed by atoms with Crippen LogP contribution in [0.2, 0.25) is 0 Å². The summed E-state index contributed by atoms with van der Waals surface area (Å²) in [6.45, 7) is 9.18. The molecule has 1 radical (unpaired) electrons. The van der Waals surface area contributed by atoms with Gasteiger partial charge in [0, 0.05) is 6.04 Å². The van der Waals surface area contributed by atoms with Crippen LogP contribution in [-0.4, -0.2) is 52.4 Å². The molecule has 5 heteroatoms. The fraction of sp³-hybridized carbons (Fsp3) is 0.958. The first-order chi connectivity index (χ1) is 14.0. The molecule has 29 heavy (non-hydrogen) atoms. The zero-order chi connectivity index (χ0) is 22.0. The first-order valence-corrected chi connectivity index (χ1v) is 12.2. The van der Waals surface area contributed by atoms with Gasteiger partial charge in [0.15, 0.2) is 6.29 Å².